The lowest BCUT2D eigenvalue weighted by Crippen LogP contribution is -2.39. The third-order valence-electron chi connectivity index (χ3n) is 2.34. The van der Waals surface area contributed by atoms with Crippen molar-refractivity contribution in [2.24, 2.45) is 0 Å². The molecule has 0 aromatic carbocycles. The van der Waals surface area contributed by atoms with E-state index in [2.05, 4.69) is 5.32 Å². The number of thioether (sulfide) groups is 2. The molecule has 1 aliphatic heterocycles. The first-order valence-corrected chi connectivity index (χ1v) is 7.55. The highest BCUT2D eigenvalue weighted by molar-refractivity contribution is 8.06. The standard InChI is InChI=1S/C10H17NO4S2/c1-15-8(10(13)14)5-11-9(12)4-7-6-16-2-3-17-7/h7-8H,2-6H2,1H3,(H,11,12)(H,13,14). The number of methoxy groups -OCH3 is 1. The molecule has 7 heteroatoms. The topological polar surface area (TPSA) is 75.6 Å². The van der Waals surface area contributed by atoms with Crippen molar-refractivity contribution < 1.29 is 19.4 Å². The highest BCUT2D eigenvalue weighted by Gasteiger charge is 2.20. The number of carboxylic acid groups (broad SMARTS) is 1. The molecule has 0 saturated carbocycles. The van der Waals surface area contributed by atoms with Gasteiger partial charge in [-0.2, -0.15) is 23.5 Å². The lowest BCUT2D eigenvalue weighted by Gasteiger charge is -2.20. The van der Waals surface area contributed by atoms with Crippen LogP contribution in [0.25, 0.3) is 0 Å². The van der Waals surface area contributed by atoms with Gasteiger partial charge in [-0.3, -0.25) is 4.79 Å². The second-order valence-electron chi connectivity index (χ2n) is 3.64. The number of amides is 1. The van der Waals surface area contributed by atoms with Gasteiger partial charge in [0.15, 0.2) is 6.10 Å². The summed E-state index contributed by atoms with van der Waals surface area (Å²) in [5.41, 5.74) is 0. The van der Waals surface area contributed by atoms with Crippen LogP contribution < -0.4 is 5.32 Å². The maximum Gasteiger partial charge on any atom is 0.334 e. The van der Waals surface area contributed by atoms with E-state index in [-0.39, 0.29) is 12.5 Å². The number of carbonyl (C=O) groups excluding carboxylic acids is 1. The minimum absolute atomic E-state index is 0.0230. The number of hydrogen-bond donors (Lipinski definition) is 2. The van der Waals surface area contributed by atoms with E-state index in [9.17, 15) is 9.59 Å². The summed E-state index contributed by atoms with van der Waals surface area (Å²) in [4.78, 5) is 22.2. The summed E-state index contributed by atoms with van der Waals surface area (Å²) in [6.07, 6.45) is -0.513. The Labute approximate surface area is 109 Å². The van der Waals surface area contributed by atoms with Crippen LogP contribution in [0, 0.1) is 0 Å². The zero-order valence-corrected chi connectivity index (χ0v) is 11.3. The van der Waals surface area contributed by atoms with E-state index in [1.54, 1.807) is 0 Å². The predicted molar refractivity (Wildman–Crippen MR) is 69.6 cm³/mol. The fourth-order valence-electron chi connectivity index (χ4n) is 1.41. The minimum Gasteiger partial charge on any atom is -0.479 e. The van der Waals surface area contributed by atoms with Crippen molar-refractivity contribution in [2.75, 3.05) is 30.9 Å². The maximum absolute atomic E-state index is 11.6. The summed E-state index contributed by atoms with van der Waals surface area (Å²) in [6.45, 7) is 0.0230. The number of nitrogens with one attached hydrogen (secondary N) is 1. The van der Waals surface area contributed by atoms with Gasteiger partial charge in [0.1, 0.15) is 0 Å². The van der Waals surface area contributed by atoms with Crippen molar-refractivity contribution in [3.63, 3.8) is 0 Å². The number of aliphatic carboxylic acids is 1. The first-order valence-electron chi connectivity index (χ1n) is 5.35. The molecule has 98 valence electrons. The van der Waals surface area contributed by atoms with E-state index in [0.717, 1.165) is 17.3 Å². The average molecular weight is 279 g/mol. The van der Waals surface area contributed by atoms with Gasteiger partial charge in [-0.15, -0.1) is 0 Å². The van der Waals surface area contributed by atoms with Crippen molar-refractivity contribution in [3.05, 3.63) is 0 Å². The summed E-state index contributed by atoms with van der Waals surface area (Å²) in [5.74, 6) is 2.06. The van der Waals surface area contributed by atoms with Crippen molar-refractivity contribution >= 4 is 35.4 Å². The van der Waals surface area contributed by atoms with Gasteiger partial charge in [-0.05, 0) is 0 Å². The monoisotopic (exact) mass is 279 g/mol. The van der Waals surface area contributed by atoms with Gasteiger partial charge < -0.3 is 15.2 Å². The molecule has 0 aromatic rings. The second kappa shape index (κ2) is 7.84. The van der Waals surface area contributed by atoms with Gasteiger partial charge in [-0.1, -0.05) is 0 Å². The Hall–Kier alpha value is -0.400. The van der Waals surface area contributed by atoms with Crippen LogP contribution in [0.15, 0.2) is 0 Å². The molecule has 0 radical (unpaired) electrons. The van der Waals surface area contributed by atoms with Crippen molar-refractivity contribution in [2.45, 2.75) is 17.8 Å². The highest BCUT2D eigenvalue weighted by Crippen LogP contribution is 2.26. The summed E-state index contributed by atoms with van der Waals surface area (Å²) in [6, 6.07) is 0. The predicted octanol–water partition coefficient (Wildman–Crippen LogP) is 0.441. The van der Waals surface area contributed by atoms with Gasteiger partial charge in [0.05, 0.1) is 6.54 Å². The number of ether oxygens (including phenoxy) is 1. The van der Waals surface area contributed by atoms with Crippen LogP contribution in [0.2, 0.25) is 0 Å². The molecule has 0 aromatic heterocycles. The van der Waals surface area contributed by atoms with Gasteiger partial charge in [0.2, 0.25) is 5.91 Å². The Balaban J connectivity index is 2.21. The van der Waals surface area contributed by atoms with E-state index >= 15 is 0 Å². The smallest absolute Gasteiger partial charge is 0.334 e. The van der Waals surface area contributed by atoms with E-state index in [4.69, 9.17) is 9.84 Å². The second-order valence-corrected chi connectivity index (χ2v) is 6.20. The summed E-state index contributed by atoms with van der Waals surface area (Å²) < 4.78 is 4.73. The Morgan fingerprint density at radius 1 is 1.53 bits per heavy atom. The molecule has 2 N–H and O–H groups in total. The number of carboxylic acids is 1. The minimum atomic E-state index is -1.06. The molecule has 17 heavy (non-hydrogen) atoms. The van der Waals surface area contributed by atoms with Gasteiger partial charge in [0.25, 0.3) is 0 Å². The quantitative estimate of drug-likeness (QED) is 0.735. The zero-order chi connectivity index (χ0) is 12.7. The molecule has 1 heterocycles. The normalized spacial score (nSPS) is 21.8. The van der Waals surface area contributed by atoms with E-state index in [1.165, 1.54) is 7.11 Å². The summed E-state index contributed by atoms with van der Waals surface area (Å²) in [5, 5.41) is 11.7. The fourth-order valence-corrected chi connectivity index (χ4v) is 4.09. The van der Waals surface area contributed by atoms with Crippen molar-refractivity contribution in [3.8, 4) is 0 Å². The molecule has 0 spiro atoms. The van der Waals surface area contributed by atoms with Crippen LogP contribution in [-0.2, 0) is 14.3 Å². The maximum atomic E-state index is 11.6. The Morgan fingerprint density at radius 2 is 2.29 bits per heavy atom. The molecule has 2 atom stereocenters. The Morgan fingerprint density at radius 3 is 2.82 bits per heavy atom. The molecule has 0 aliphatic carbocycles. The SMILES string of the molecule is COC(CNC(=O)CC1CSCCS1)C(=O)O. The van der Waals surface area contributed by atoms with Gasteiger partial charge in [-0.25, -0.2) is 4.79 Å². The van der Waals surface area contributed by atoms with Crippen LogP contribution in [0.4, 0.5) is 0 Å². The van der Waals surface area contributed by atoms with Crippen molar-refractivity contribution in [1.29, 1.82) is 0 Å². The molecule has 0 bridgehead atoms. The third-order valence-corrected chi connectivity index (χ3v) is 5.19. The van der Waals surface area contributed by atoms with Gasteiger partial charge >= 0.3 is 5.97 Å². The van der Waals surface area contributed by atoms with Gasteiger partial charge in [0, 0.05) is 36.0 Å². The van der Waals surface area contributed by atoms with Crippen LogP contribution in [-0.4, -0.2) is 59.3 Å². The molecule has 2 unspecified atom stereocenters. The fraction of sp³-hybridized carbons (Fsp3) is 0.800. The first-order chi connectivity index (χ1) is 8.13. The van der Waals surface area contributed by atoms with E-state index in [0.29, 0.717) is 11.7 Å². The Kier molecular flexibility index (Phi) is 6.76. The zero-order valence-electron chi connectivity index (χ0n) is 9.68. The third kappa shape index (κ3) is 5.65. The van der Waals surface area contributed by atoms with Crippen LogP contribution in [0.5, 0.6) is 0 Å². The van der Waals surface area contributed by atoms with E-state index in [1.807, 2.05) is 23.5 Å². The molecule has 1 aliphatic rings. The molecule has 1 saturated heterocycles. The molecule has 1 fully saturated rings. The molecular formula is C10H17NO4S2. The Bertz CT molecular complexity index is 269. The van der Waals surface area contributed by atoms with Crippen LogP contribution in [0.1, 0.15) is 6.42 Å². The molecule has 1 amide bonds. The average Bonchev–Trinajstić information content (AvgIpc) is 2.30. The number of carbonyl (C=O) groups is 2. The lowest BCUT2D eigenvalue weighted by atomic mass is 10.3. The number of rotatable bonds is 6. The van der Waals surface area contributed by atoms with Crippen LogP contribution >= 0.6 is 23.5 Å². The number of hydrogen-bond acceptors (Lipinski definition) is 5. The molecule has 1 rings (SSSR count). The highest BCUT2D eigenvalue weighted by atomic mass is 32.2. The molecular weight excluding hydrogens is 262 g/mol. The van der Waals surface area contributed by atoms with E-state index < -0.39 is 12.1 Å². The van der Waals surface area contributed by atoms with Crippen molar-refractivity contribution in [1.82, 2.24) is 5.32 Å². The van der Waals surface area contributed by atoms with Crippen LogP contribution in [0.3, 0.4) is 0 Å². The first kappa shape index (κ1) is 14.7. The lowest BCUT2D eigenvalue weighted by molar-refractivity contribution is -0.148. The largest absolute Gasteiger partial charge is 0.479 e. The summed E-state index contributed by atoms with van der Waals surface area (Å²) >= 11 is 3.67. The summed E-state index contributed by atoms with van der Waals surface area (Å²) in [7, 11) is 1.32. The molecule has 5 nitrogen and oxygen atoms in total.